The van der Waals surface area contributed by atoms with Gasteiger partial charge >= 0.3 is 0 Å². The molecule has 0 aliphatic carbocycles. The number of nitrogens with one attached hydrogen (secondary N) is 1. The van der Waals surface area contributed by atoms with Crippen molar-refractivity contribution in [3.05, 3.63) is 24.9 Å². The Morgan fingerprint density at radius 2 is 2.33 bits per heavy atom. The molecule has 9 heavy (non-hydrogen) atoms. The molecule has 2 N–H and O–H groups in total. The lowest BCUT2D eigenvalue weighted by molar-refractivity contribution is 0.298. The van der Waals surface area contributed by atoms with Crippen LogP contribution in [0.5, 0.6) is 0 Å². The quantitative estimate of drug-likeness (QED) is 0.420. The molecule has 0 aliphatic rings. The standard InChI is InChI=1S/C7H13NO/c1-2-3-4-5-8-6-7-9/h2,4-5,8-9H,1,3,6-7H2. The SMILES string of the molecule is C=CCC=CNCCO. The van der Waals surface area contributed by atoms with E-state index in [4.69, 9.17) is 5.11 Å². The lowest BCUT2D eigenvalue weighted by Crippen LogP contribution is -2.09. The van der Waals surface area contributed by atoms with Crippen LogP contribution in [-0.4, -0.2) is 18.3 Å². The average Bonchev–Trinajstić information content (AvgIpc) is 1.89. The van der Waals surface area contributed by atoms with Crippen molar-refractivity contribution in [2.75, 3.05) is 13.2 Å². The lowest BCUT2D eigenvalue weighted by Gasteiger charge is -1.92. The Labute approximate surface area is 55.9 Å². The van der Waals surface area contributed by atoms with Gasteiger partial charge in [0.15, 0.2) is 0 Å². The van der Waals surface area contributed by atoms with E-state index in [0.29, 0.717) is 6.54 Å². The van der Waals surface area contributed by atoms with Gasteiger partial charge < -0.3 is 10.4 Å². The molecule has 0 aromatic rings. The maximum Gasteiger partial charge on any atom is 0.0603 e. The van der Waals surface area contributed by atoms with Crippen LogP contribution in [0.4, 0.5) is 0 Å². The molecule has 2 heteroatoms. The molecule has 52 valence electrons. The van der Waals surface area contributed by atoms with Crippen molar-refractivity contribution in [2.45, 2.75) is 6.42 Å². The third-order valence-corrected chi connectivity index (χ3v) is 0.795. The summed E-state index contributed by atoms with van der Waals surface area (Å²) in [6.07, 6.45) is 6.45. The van der Waals surface area contributed by atoms with Gasteiger partial charge in [-0.15, -0.1) is 6.58 Å². The fourth-order valence-electron chi connectivity index (χ4n) is 0.395. The molecule has 0 atom stereocenters. The predicted molar refractivity (Wildman–Crippen MR) is 39.0 cm³/mol. The number of rotatable bonds is 5. The summed E-state index contributed by atoms with van der Waals surface area (Å²) in [7, 11) is 0. The van der Waals surface area contributed by atoms with Gasteiger partial charge in [-0.2, -0.15) is 0 Å². The van der Waals surface area contributed by atoms with Crippen molar-refractivity contribution in [2.24, 2.45) is 0 Å². The van der Waals surface area contributed by atoms with E-state index in [0.717, 1.165) is 6.42 Å². The monoisotopic (exact) mass is 127 g/mol. The second-order valence-electron chi connectivity index (χ2n) is 1.60. The Morgan fingerprint density at radius 3 is 2.89 bits per heavy atom. The summed E-state index contributed by atoms with van der Waals surface area (Å²) in [6.45, 7) is 4.35. The largest absolute Gasteiger partial charge is 0.395 e. The van der Waals surface area contributed by atoms with Crippen LogP contribution in [0.25, 0.3) is 0 Å². The van der Waals surface area contributed by atoms with E-state index in [1.807, 2.05) is 18.4 Å². The van der Waals surface area contributed by atoms with Crippen LogP contribution >= 0.6 is 0 Å². The Morgan fingerprint density at radius 1 is 1.56 bits per heavy atom. The Kier molecular flexibility index (Phi) is 6.63. The van der Waals surface area contributed by atoms with Crippen LogP contribution in [-0.2, 0) is 0 Å². The molecule has 0 saturated heterocycles. The minimum Gasteiger partial charge on any atom is -0.395 e. The Bertz CT molecular complexity index is 88.9. The van der Waals surface area contributed by atoms with Gasteiger partial charge in [0.2, 0.25) is 0 Å². The summed E-state index contributed by atoms with van der Waals surface area (Å²) < 4.78 is 0. The van der Waals surface area contributed by atoms with E-state index in [-0.39, 0.29) is 6.61 Å². The predicted octanol–water partition coefficient (Wildman–Crippen LogP) is 0.658. The molecule has 0 amide bonds. The molecule has 0 heterocycles. The van der Waals surface area contributed by atoms with E-state index < -0.39 is 0 Å². The lowest BCUT2D eigenvalue weighted by atomic mass is 10.4. The zero-order valence-electron chi connectivity index (χ0n) is 5.51. The number of allylic oxidation sites excluding steroid dienone is 2. The molecule has 0 aliphatic heterocycles. The van der Waals surface area contributed by atoms with E-state index >= 15 is 0 Å². The molecule has 0 rings (SSSR count). The first-order chi connectivity index (χ1) is 4.41. The van der Waals surface area contributed by atoms with Crippen LogP contribution in [0.2, 0.25) is 0 Å². The number of aliphatic hydroxyl groups excluding tert-OH is 1. The van der Waals surface area contributed by atoms with Crippen LogP contribution in [0, 0.1) is 0 Å². The summed E-state index contributed by atoms with van der Waals surface area (Å²) in [5.41, 5.74) is 0. The number of aliphatic hydroxyl groups is 1. The van der Waals surface area contributed by atoms with E-state index in [9.17, 15) is 0 Å². The minimum atomic E-state index is 0.179. The third kappa shape index (κ3) is 7.24. The zero-order valence-corrected chi connectivity index (χ0v) is 5.51. The van der Waals surface area contributed by atoms with Gasteiger partial charge in [-0.3, -0.25) is 0 Å². The molecule has 0 aromatic heterocycles. The summed E-state index contributed by atoms with van der Waals surface area (Å²) in [5.74, 6) is 0. The van der Waals surface area contributed by atoms with Gasteiger partial charge in [-0.25, -0.2) is 0 Å². The zero-order chi connectivity index (χ0) is 6.95. The maximum atomic E-state index is 8.31. The number of hydrogen-bond acceptors (Lipinski definition) is 2. The molecule has 0 saturated carbocycles. The molecule has 0 spiro atoms. The molecule has 0 fully saturated rings. The highest BCUT2D eigenvalue weighted by molar-refractivity contribution is 4.86. The van der Waals surface area contributed by atoms with Crippen molar-refractivity contribution in [3.8, 4) is 0 Å². The van der Waals surface area contributed by atoms with E-state index in [2.05, 4.69) is 11.9 Å². The van der Waals surface area contributed by atoms with Crippen LogP contribution in [0.3, 0.4) is 0 Å². The van der Waals surface area contributed by atoms with Crippen molar-refractivity contribution in [1.29, 1.82) is 0 Å². The second-order valence-corrected chi connectivity index (χ2v) is 1.60. The van der Waals surface area contributed by atoms with E-state index in [1.165, 1.54) is 0 Å². The fraction of sp³-hybridized carbons (Fsp3) is 0.429. The molecule has 0 unspecified atom stereocenters. The highest BCUT2D eigenvalue weighted by atomic mass is 16.3. The molecule has 0 aromatic carbocycles. The molecule has 0 bridgehead atoms. The first-order valence-electron chi connectivity index (χ1n) is 3.02. The van der Waals surface area contributed by atoms with Gasteiger partial charge in [0, 0.05) is 6.54 Å². The van der Waals surface area contributed by atoms with Gasteiger partial charge in [-0.05, 0) is 12.6 Å². The van der Waals surface area contributed by atoms with Crippen molar-refractivity contribution in [3.63, 3.8) is 0 Å². The van der Waals surface area contributed by atoms with Crippen LogP contribution < -0.4 is 5.32 Å². The van der Waals surface area contributed by atoms with Gasteiger partial charge in [0.1, 0.15) is 0 Å². The van der Waals surface area contributed by atoms with Crippen molar-refractivity contribution >= 4 is 0 Å². The number of hydrogen-bond donors (Lipinski definition) is 2. The Balaban J connectivity index is 2.94. The molecule has 0 radical (unpaired) electrons. The summed E-state index contributed by atoms with van der Waals surface area (Å²) >= 11 is 0. The summed E-state index contributed by atoms with van der Waals surface area (Å²) in [6, 6.07) is 0. The smallest absolute Gasteiger partial charge is 0.0603 e. The summed E-state index contributed by atoms with van der Waals surface area (Å²) in [4.78, 5) is 0. The normalized spacial score (nSPS) is 9.89. The first kappa shape index (κ1) is 8.24. The van der Waals surface area contributed by atoms with Crippen LogP contribution in [0.15, 0.2) is 24.9 Å². The molecule has 2 nitrogen and oxygen atoms in total. The van der Waals surface area contributed by atoms with Crippen molar-refractivity contribution in [1.82, 2.24) is 5.32 Å². The van der Waals surface area contributed by atoms with Gasteiger partial charge in [0.25, 0.3) is 0 Å². The molecular weight excluding hydrogens is 114 g/mol. The Hall–Kier alpha value is -0.760. The highest BCUT2D eigenvalue weighted by Gasteiger charge is 1.72. The first-order valence-corrected chi connectivity index (χ1v) is 3.02. The summed E-state index contributed by atoms with van der Waals surface area (Å²) in [5, 5.41) is 11.2. The highest BCUT2D eigenvalue weighted by Crippen LogP contribution is 1.78. The maximum absolute atomic E-state index is 8.31. The van der Waals surface area contributed by atoms with Crippen LogP contribution in [0.1, 0.15) is 6.42 Å². The topological polar surface area (TPSA) is 32.3 Å². The fourth-order valence-corrected chi connectivity index (χ4v) is 0.395. The second kappa shape index (κ2) is 7.24. The van der Waals surface area contributed by atoms with E-state index in [1.54, 1.807) is 0 Å². The average molecular weight is 127 g/mol. The van der Waals surface area contributed by atoms with Gasteiger partial charge in [0.05, 0.1) is 6.61 Å². The minimum absolute atomic E-state index is 0.179. The third-order valence-electron chi connectivity index (χ3n) is 0.795. The van der Waals surface area contributed by atoms with Crippen molar-refractivity contribution < 1.29 is 5.11 Å². The molecular formula is C7H13NO. The van der Waals surface area contributed by atoms with Gasteiger partial charge in [-0.1, -0.05) is 12.2 Å².